The fourth-order valence-corrected chi connectivity index (χ4v) is 4.07. The van der Waals surface area contributed by atoms with Gasteiger partial charge in [0.15, 0.2) is 11.5 Å². The second kappa shape index (κ2) is 10.1. The highest BCUT2D eigenvalue weighted by Crippen LogP contribution is 2.30. The van der Waals surface area contributed by atoms with Crippen LogP contribution in [0.3, 0.4) is 0 Å². The van der Waals surface area contributed by atoms with E-state index in [1.54, 1.807) is 37.4 Å². The molecule has 9 heteroatoms. The molecule has 0 saturated heterocycles. The second-order valence-electron chi connectivity index (χ2n) is 6.96. The number of hydrogen-bond acceptors (Lipinski definition) is 6. The van der Waals surface area contributed by atoms with Crippen molar-refractivity contribution in [3.05, 3.63) is 72.3 Å². The first kappa shape index (κ1) is 22.2. The van der Waals surface area contributed by atoms with Crippen molar-refractivity contribution in [3.63, 3.8) is 0 Å². The molecule has 0 radical (unpaired) electrons. The number of thioether (sulfide) groups is 1. The fourth-order valence-electron chi connectivity index (χ4n) is 3.22. The molecule has 33 heavy (non-hydrogen) atoms. The predicted octanol–water partition coefficient (Wildman–Crippen LogP) is 4.56. The van der Waals surface area contributed by atoms with Crippen molar-refractivity contribution < 1.29 is 19.1 Å². The van der Waals surface area contributed by atoms with Crippen LogP contribution in [0.4, 0.5) is 11.6 Å². The minimum absolute atomic E-state index is 0.128. The Morgan fingerprint density at radius 2 is 1.70 bits per heavy atom. The molecular formula is C24H22N4O4S. The summed E-state index contributed by atoms with van der Waals surface area (Å²) in [6, 6.07) is 19.8. The number of ether oxygens (including phenoxy) is 2. The maximum absolute atomic E-state index is 12.9. The lowest BCUT2D eigenvalue weighted by Gasteiger charge is -2.11. The minimum Gasteiger partial charge on any atom is -0.493 e. The van der Waals surface area contributed by atoms with E-state index < -0.39 is 0 Å². The number of aromatic nitrogens is 2. The van der Waals surface area contributed by atoms with Gasteiger partial charge in [-0.05, 0) is 36.4 Å². The zero-order chi connectivity index (χ0) is 23.2. The van der Waals surface area contributed by atoms with E-state index in [2.05, 4.69) is 20.6 Å². The molecule has 0 atom stereocenters. The number of benzene rings is 3. The van der Waals surface area contributed by atoms with Gasteiger partial charge in [0.1, 0.15) is 0 Å². The molecule has 0 aliphatic heterocycles. The summed E-state index contributed by atoms with van der Waals surface area (Å²) in [4.78, 5) is 33.5. The number of hydrogen-bond donors (Lipinski definition) is 3. The van der Waals surface area contributed by atoms with Crippen LogP contribution in [0.5, 0.6) is 11.5 Å². The summed E-state index contributed by atoms with van der Waals surface area (Å²) in [5.74, 6) is 1.08. The zero-order valence-corrected chi connectivity index (χ0v) is 18.9. The monoisotopic (exact) mass is 462 g/mol. The van der Waals surface area contributed by atoms with Crippen LogP contribution in [0.15, 0.2) is 71.6 Å². The molecule has 168 valence electrons. The average Bonchev–Trinajstić information content (AvgIpc) is 3.25. The van der Waals surface area contributed by atoms with Crippen LogP contribution >= 0.6 is 11.8 Å². The Labute approximate surface area is 194 Å². The normalized spacial score (nSPS) is 10.6. The van der Waals surface area contributed by atoms with Crippen LogP contribution in [0.1, 0.15) is 10.4 Å². The summed E-state index contributed by atoms with van der Waals surface area (Å²) >= 11 is 1.28. The molecule has 0 spiro atoms. The molecule has 4 aromatic rings. The average molecular weight is 463 g/mol. The Morgan fingerprint density at radius 1 is 0.939 bits per heavy atom. The maximum atomic E-state index is 12.9. The fraction of sp³-hybridized carbons (Fsp3) is 0.125. The number of nitrogens with one attached hydrogen (secondary N) is 3. The van der Waals surface area contributed by atoms with Crippen molar-refractivity contribution in [2.45, 2.75) is 4.90 Å². The number of aromatic amines is 1. The van der Waals surface area contributed by atoms with Gasteiger partial charge < -0.3 is 19.8 Å². The number of amides is 2. The summed E-state index contributed by atoms with van der Waals surface area (Å²) < 4.78 is 10.5. The molecule has 3 N–H and O–H groups in total. The van der Waals surface area contributed by atoms with Crippen LogP contribution in [0.2, 0.25) is 0 Å². The number of anilines is 2. The first-order valence-corrected chi connectivity index (χ1v) is 11.1. The highest BCUT2D eigenvalue weighted by atomic mass is 32.2. The molecule has 0 saturated carbocycles. The smallest absolute Gasteiger partial charge is 0.259 e. The lowest BCUT2D eigenvalue weighted by Crippen LogP contribution is -2.16. The summed E-state index contributed by atoms with van der Waals surface area (Å²) in [6.07, 6.45) is 0. The topological polar surface area (TPSA) is 105 Å². The number of para-hydroxylation sites is 2. The van der Waals surface area contributed by atoms with Gasteiger partial charge in [-0.2, -0.15) is 0 Å². The molecular weight excluding hydrogens is 440 g/mol. The number of imidazole rings is 1. The number of nitrogens with zero attached hydrogens (tertiary/aromatic N) is 1. The number of carbonyl (C=O) groups excluding carboxylic acids is 2. The highest BCUT2D eigenvalue weighted by molar-refractivity contribution is 8.00. The van der Waals surface area contributed by atoms with Crippen LogP contribution < -0.4 is 20.1 Å². The third-order valence-corrected chi connectivity index (χ3v) is 5.85. The van der Waals surface area contributed by atoms with Gasteiger partial charge in [0, 0.05) is 16.6 Å². The van der Waals surface area contributed by atoms with Gasteiger partial charge in [0.05, 0.1) is 36.6 Å². The van der Waals surface area contributed by atoms with Gasteiger partial charge in [-0.15, -0.1) is 11.8 Å². The Balaban J connectivity index is 1.41. The van der Waals surface area contributed by atoms with Crippen molar-refractivity contribution in [1.29, 1.82) is 0 Å². The minimum atomic E-state index is -0.308. The molecule has 0 unspecified atom stereocenters. The van der Waals surface area contributed by atoms with Gasteiger partial charge in [-0.25, -0.2) is 4.98 Å². The SMILES string of the molecule is COc1ccc(NC(=O)CSc2ccccc2C(=O)Nc2nc3ccccc3[nH]2)cc1OC. The highest BCUT2D eigenvalue weighted by Gasteiger charge is 2.15. The first-order chi connectivity index (χ1) is 16.1. The first-order valence-electron chi connectivity index (χ1n) is 10.1. The number of carbonyl (C=O) groups is 2. The van der Waals surface area contributed by atoms with Gasteiger partial charge in [0.2, 0.25) is 11.9 Å². The Morgan fingerprint density at radius 3 is 2.48 bits per heavy atom. The maximum Gasteiger partial charge on any atom is 0.259 e. The summed E-state index contributed by atoms with van der Waals surface area (Å²) in [5.41, 5.74) is 2.65. The summed E-state index contributed by atoms with van der Waals surface area (Å²) in [7, 11) is 3.08. The van der Waals surface area contributed by atoms with Crippen LogP contribution in [-0.2, 0) is 4.79 Å². The molecule has 0 bridgehead atoms. The van der Waals surface area contributed by atoms with E-state index in [4.69, 9.17) is 9.47 Å². The molecule has 0 aliphatic rings. The Hall–Kier alpha value is -3.98. The molecule has 4 rings (SSSR count). The van der Waals surface area contributed by atoms with Gasteiger partial charge in [-0.1, -0.05) is 24.3 Å². The lowest BCUT2D eigenvalue weighted by atomic mass is 10.2. The third-order valence-electron chi connectivity index (χ3n) is 4.78. The standard InChI is InChI=1S/C24H22N4O4S/c1-31-19-12-11-15(13-20(19)32-2)25-22(29)14-33-21-10-6-3-7-16(21)23(30)28-24-26-17-8-4-5-9-18(17)27-24/h3-13H,14H2,1-2H3,(H,25,29)(H2,26,27,28,30). The Bertz CT molecular complexity index is 1270. The zero-order valence-electron chi connectivity index (χ0n) is 18.0. The largest absolute Gasteiger partial charge is 0.493 e. The lowest BCUT2D eigenvalue weighted by molar-refractivity contribution is -0.113. The van der Waals surface area contributed by atoms with Crippen LogP contribution in [0.25, 0.3) is 11.0 Å². The molecule has 0 fully saturated rings. The Kier molecular flexibility index (Phi) is 6.80. The second-order valence-corrected chi connectivity index (χ2v) is 7.98. The molecule has 3 aromatic carbocycles. The van der Waals surface area contributed by atoms with Gasteiger partial charge in [-0.3, -0.25) is 14.9 Å². The third kappa shape index (κ3) is 5.27. The van der Waals surface area contributed by atoms with E-state index in [-0.39, 0.29) is 17.6 Å². The van der Waals surface area contributed by atoms with Crippen molar-refractivity contribution >= 4 is 46.2 Å². The molecule has 8 nitrogen and oxygen atoms in total. The van der Waals surface area contributed by atoms with Crippen molar-refractivity contribution in [2.24, 2.45) is 0 Å². The van der Waals surface area contributed by atoms with Crippen molar-refractivity contribution in [1.82, 2.24) is 9.97 Å². The molecule has 0 aliphatic carbocycles. The van der Waals surface area contributed by atoms with Crippen molar-refractivity contribution in [2.75, 3.05) is 30.6 Å². The quantitative estimate of drug-likeness (QED) is 0.332. The summed E-state index contributed by atoms with van der Waals surface area (Å²) in [6.45, 7) is 0. The van der Waals surface area contributed by atoms with E-state index in [9.17, 15) is 9.59 Å². The van der Waals surface area contributed by atoms with E-state index in [1.807, 2.05) is 36.4 Å². The number of methoxy groups -OCH3 is 2. The van der Waals surface area contributed by atoms with Crippen LogP contribution in [-0.4, -0.2) is 41.8 Å². The van der Waals surface area contributed by atoms with E-state index in [0.29, 0.717) is 33.6 Å². The van der Waals surface area contributed by atoms with E-state index >= 15 is 0 Å². The van der Waals surface area contributed by atoms with E-state index in [1.165, 1.54) is 18.9 Å². The number of fused-ring (bicyclic) bond motifs is 1. The van der Waals surface area contributed by atoms with Crippen LogP contribution in [0, 0.1) is 0 Å². The number of rotatable bonds is 8. The van der Waals surface area contributed by atoms with E-state index in [0.717, 1.165) is 11.0 Å². The molecule has 2 amide bonds. The van der Waals surface area contributed by atoms with Gasteiger partial charge >= 0.3 is 0 Å². The molecule has 1 aromatic heterocycles. The van der Waals surface area contributed by atoms with Crippen molar-refractivity contribution in [3.8, 4) is 11.5 Å². The predicted molar refractivity (Wildman–Crippen MR) is 129 cm³/mol. The molecule has 1 heterocycles. The van der Waals surface area contributed by atoms with Gasteiger partial charge in [0.25, 0.3) is 5.91 Å². The number of H-pyrrole nitrogens is 1. The summed E-state index contributed by atoms with van der Waals surface area (Å²) in [5, 5.41) is 5.62.